The van der Waals surface area contributed by atoms with Crippen LogP contribution < -0.4 is 0 Å². The van der Waals surface area contributed by atoms with E-state index in [-0.39, 0.29) is 5.02 Å². The third kappa shape index (κ3) is 2.25. The van der Waals surface area contributed by atoms with Crippen molar-refractivity contribution in [1.29, 1.82) is 0 Å². The number of hydrogen-bond acceptors (Lipinski definition) is 2. The van der Waals surface area contributed by atoms with Crippen molar-refractivity contribution in [2.75, 3.05) is 0 Å². The second kappa shape index (κ2) is 4.44. The van der Waals surface area contributed by atoms with Crippen molar-refractivity contribution in [2.45, 2.75) is 5.92 Å². The summed E-state index contributed by atoms with van der Waals surface area (Å²) in [4.78, 5) is 21.1. The molecule has 74 valence electrons. The van der Waals surface area contributed by atoms with Crippen LogP contribution in [0.3, 0.4) is 0 Å². The van der Waals surface area contributed by atoms with Crippen LogP contribution >= 0.6 is 23.2 Å². The van der Waals surface area contributed by atoms with Crippen LogP contribution in [0.15, 0.2) is 18.2 Å². The highest BCUT2D eigenvalue weighted by Crippen LogP contribution is 2.25. The molecule has 14 heavy (non-hydrogen) atoms. The summed E-state index contributed by atoms with van der Waals surface area (Å²) in [6.07, 6.45) is 0.349. The highest BCUT2D eigenvalue weighted by molar-refractivity contribution is 6.42. The number of carbonyl (C=O) groups excluding carboxylic acids is 1. The zero-order valence-corrected chi connectivity index (χ0v) is 8.42. The summed E-state index contributed by atoms with van der Waals surface area (Å²) >= 11 is 11.3. The minimum atomic E-state index is -1.21. The number of halogens is 2. The van der Waals surface area contributed by atoms with E-state index in [2.05, 4.69) is 0 Å². The van der Waals surface area contributed by atoms with Gasteiger partial charge in [-0.05, 0) is 17.7 Å². The van der Waals surface area contributed by atoms with Crippen LogP contribution in [0.4, 0.5) is 0 Å². The Morgan fingerprint density at radius 1 is 1.36 bits per heavy atom. The molecule has 0 aliphatic rings. The standard InChI is InChI=1S/C9H6Cl2O3/c10-7-2-1-5(3-8(7)11)6(4-12)9(13)14/h1-4,6H,(H,13,14). The summed E-state index contributed by atoms with van der Waals surface area (Å²) in [7, 11) is 0. The molecule has 0 heterocycles. The van der Waals surface area contributed by atoms with Crippen LogP contribution in [0.25, 0.3) is 0 Å². The quantitative estimate of drug-likeness (QED) is 0.643. The first-order valence-corrected chi connectivity index (χ1v) is 4.45. The minimum Gasteiger partial charge on any atom is -0.480 e. The van der Waals surface area contributed by atoms with Crippen molar-refractivity contribution in [3.8, 4) is 0 Å². The molecule has 0 saturated carbocycles. The van der Waals surface area contributed by atoms with Crippen LogP contribution in [0.5, 0.6) is 0 Å². The van der Waals surface area contributed by atoms with Gasteiger partial charge in [0, 0.05) is 0 Å². The lowest BCUT2D eigenvalue weighted by atomic mass is 10.0. The molecule has 1 atom stereocenters. The van der Waals surface area contributed by atoms with Crippen LogP contribution in [0, 0.1) is 0 Å². The van der Waals surface area contributed by atoms with Crippen molar-refractivity contribution < 1.29 is 14.7 Å². The van der Waals surface area contributed by atoms with E-state index in [4.69, 9.17) is 28.3 Å². The Hall–Kier alpha value is -1.06. The maximum absolute atomic E-state index is 10.6. The molecule has 0 bridgehead atoms. The molecule has 3 nitrogen and oxygen atoms in total. The first kappa shape index (κ1) is 11.0. The Kier molecular flexibility index (Phi) is 3.49. The fraction of sp³-hybridized carbons (Fsp3) is 0.111. The van der Waals surface area contributed by atoms with Crippen LogP contribution in [0.2, 0.25) is 10.0 Å². The van der Waals surface area contributed by atoms with E-state index in [0.717, 1.165) is 0 Å². The zero-order chi connectivity index (χ0) is 10.7. The first-order chi connectivity index (χ1) is 6.56. The van der Waals surface area contributed by atoms with E-state index < -0.39 is 11.9 Å². The molecule has 0 fully saturated rings. The van der Waals surface area contributed by atoms with E-state index in [1.807, 2.05) is 0 Å². The van der Waals surface area contributed by atoms with E-state index in [9.17, 15) is 9.59 Å². The molecule has 1 rings (SSSR count). The van der Waals surface area contributed by atoms with Crippen molar-refractivity contribution in [2.24, 2.45) is 0 Å². The van der Waals surface area contributed by atoms with E-state index in [1.165, 1.54) is 18.2 Å². The predicted octanol–water partition coefficient (Wildman–Crippen LogP) is 2.36. The monoisotopic (exact) mass is 232 g/mol. The van der Waals surface area contributed by atoms with Gasteiger partial charge in [0.05, 0.1) is 10.0 Å². The van der Waals surface area contributed by atoms with Crippen LogP contribution in [-0.4, -0.2) is 17.4 Å². The van der Waals surface area contributed by atoms with Gasteiger partial charge in [-0.1, -0.05) is 29.3 Å². The lowest BCUT2D eigenvalue weighted by molar-refractivity contribution is -0.140. The first-order valence-electron chi connectivity index (χ1n) is 3.69. The van der Waals surface area contributed by atoms with Gasteiger partial charge in [0.15, 0.2) is 0 Å². The zero-order valence-electron chi connectivity index (χ0n) is 6.91. The summed E-state index contributed by atoms with van der Waals surface area (Å²) in [5.74, 6) is -2.40. The molecule has 0 radical (unpaired) electrons. The Labute approximate surface area is 90.3 Å². The lowest BCUT2D eigenvalue weighted by Crippen LogP contribution is -2.12. The van der Waals surface area contributed by atoms with Gasteiger partial charge >= 0.3 is 5.97 Å². The minimum absolute atomic E-state index is 0.234. The van der Waals surface area contributed by atoms with E-state index in [1.54, 1.807) is 0 Å². The summed E-state index contributed by atoms with van der Waals surface area (Å²) in [5, 5.41) is 9.24. The highest BCUT2D eigenvalue weighted by atomic mass is 35.5. The smallest absolute Gasteiger partial charge is 0.318 e. The number of carboxylic acids is 1. The molecule has 0 spiro atoms. The van der Waals surface area contributed by atoms with Gasteiger partial charge in [-0.25, -0.2) is 0 Å². The molecule has 0 saturated heterocycles. The van der Waals surface area contributed by atoms with Crippen molar-refractivity contribution >= 4 is 35.5 Å². The van der Waals surface area contributed by atoms with Crippen LogP contribution in [0.1, 0.15) is 11.5 Å². The Morgan fingerprint density at radius 3 is 2.43 bits per heavy atom. The number of rotatable bonds is 3. The van der Waals surface area contributed by atoms with Crippen molar-refractivity contribution in [3.63, 3.8) is 0 Å². The summed E-state index contributed by atoms with van der Waals surface area (Å²) in [6.45, 7) is 0. The number of hydrogen-bond donors (Lipinski definition) is 1. The second-order valence-corrected chi connectivity index (χ2v) is 3.44. The normalized spacial score (nSPS) is 12.1. The topological polar surface area (TPSA) is 54.4 Å². The molecule has 1 N–H and O–H groups in total. The maximum Gasteiger partial charge on any atom is 0.318 e. The fourth-order valence-electron chi connectivity index (χ4n) is 0.985. The highest BCUT2D eigenvalue weighted by Gasteiger charge is 2.19. The van der Waals surface area contributed by atoms with E-state index in [0.29, 0.717) is 16.9 Å². The molecule has 5 heteroatoms. The third-order valence-electron chi connectivity index (χ3n) is 1.70. The average molecular weight is 233 g/mol. The van der Waals surface area contributed by atoms with Crippen molar-refractivity contribution in [1.82, 2.24) is 0 Å². The Balaban J connectivity index is 3.12. The number of aldehydes is 1. The number of benzene rings is 1. The molecular formula is C9H6Cl2O3. The Bertz CT molecular complexity index is 376. The number of aliphatic carboxylic acids is 1. The molecule has 0 aromatic heterocycles. The molecule has 0 aliphatic heterocycles. The lowest BCUT2D eigenvalue weighted by Gasteiger charge is -2.05. The number of carboxylic acid groups (broad SMARTS) is 1. The SMILES string of the molecule is O=CC(C(=O)O)c1ccc(Cl)c(Cl)c1. The summed E-state index contributed by atoms with van der Waals surface area (Å²) in [5.41, 5.74) is 0.321. The van der Waals surface area contributed by atoms with Gasteiger partial charge in [-0.3, -0.25) is 4.79 Å². The molecule has 0 aliphatic carbocycles. The molecular weight excluding hydrogens is 227 g/mol. The molecule has 1 unspecified atom stereocenters. The summed E-state index contributed by atoms with van der Waals surface area (Å²) < 4.78 is 0. The van der Waals surface area contributed by atoms with Gasteiger partial charge in [0.25, 0.3) is 0 Å². The largest absolute Gasteiger partial charge is 0.480 e. The van der Waals surface area contributed by atoms with E-state index >= 15 is 0 Å². The summed E-state index contributed by atoms with van der Waals surface area (Å²) in [6, 6.07) is 4.29. The van der Waals surface area contributed by atoms with Gasteiger partial charge in [-0.15, -0.1) is 0 Å². The molecule has 1 aromatic carbocycles. The van der Waals surface area contributed by atoms with Crippen LogP contribution in [-0.2, 0) is 9.59 Å². The third-order valence-corrected chi connectivity index (χ3v) is 2.44. The average Bonchev–Trinajstić information content (AvgIpc) is 2.11. The molecule has 1 aromatic rings. The second-order valence-electron chi connectivity index (χ2n) is 2.63. The molecule has 0 amide bonds. The van der Waals surface area contributed by atoms with Gasteiger partial charge in [0.2, 0.25) is 0 Å². The van der Waals surface area contributed by atoms with Gasteiger partial charge in [0.1, 0.15) is 12.2 Å². The predicted molar refractivity (Wildman–Crippen MR) is 52.9 cm³/mol. The Morgan fingerprint density at radius 2 is 2.00 bits per heavy atom. The number of carbonyl (C=O) groups is 2. The van der Waals surface area contributed by atoms with Crippen molar-refractivity contribution in [3.05, 3.63) is 33.8 Å². The van der Waals surface area contributed by atoms with Gasteiger partial charge < -0.3 is 9.90 Å². The fourth-order valence-corrected chi connectivity index (χ4v) is 1.29. The maximum atomic E-state index is 10.6. The van der Waals surface area contributed by atoms with Gasteiger partial charge in [-0.2, -0.15) is 0 Å².